The average Bonchev–Trinajstić information content (AvgIpc) is 3.55. The van der Waals surface area contributed by atoms with Gasteiger partial charge in [-0.25, -0.2) is 4.85 Å². The van der Waals surface area contributed by atoms with Crippen LogP contribution in [0.25, 0.3) is 60.2 Å². The van der Waals surface area contributed by atoms with E-state index in [1.807, 2.05) is 81.9 Å². The van der Waals surface area contributed by atoms with Crippen molar-refractivity contribution in [2.45, 2.75) is 0 Å². The van der Waals surface area contributed by atoms with Crippen LogP contribution in [-0.4, -0.2) is 9.13 Å². The lowest BCUT2D eigenvalue weighted by atomic mass is 10.2. The summed E-state index contributed by atoms with van der Waals surface area (Å²) in [5, 5.41) is 14.5. The predicted molar refractivity (Wildman–Crippen MR) is 138 cm³/mol. The SMILES string of the molecule is [C-]#[N+]c1c(-n2c3ccccc3c3ccccc32)oc(-n2c3ccccc3c3ccccc32)c1C#N. The standard InChI is InChI=1S/C30H16N4O/c1-32-28-23(18-31)29(33-24-14-6-2-10-19(24)20-11-3-7-15-25(20)33)35-30(28)34-26-16-8-4-12-21(26)22-13-5-9-17-27(22)34/h2-17H. The maximum Gasteiger partial charge on any atom is 0.269 e. The molecular formula is C30H16N4O. The molecule has 0 N–H and O–H groups in total. The van der Waals surface area contributed by atoms with Crippen molar-refractivity contribution in [1.29, 1.82) is 5.26 Å². The van der Waals surface area contributed by atoms with E-state index in [9.17, 15) is 5.26 Å². The van der Waals surface area contributed by atoms with E-state index in [1.165, 1.54) is 0 Å². The molecule has 0 radical (unpaired) electrons. The number of nitrogens with zero attached hydrogens (tertiary/aromatic N) is 4. The van der Waals surface area contributed by atoms with Gasteiger partial charge in [-0.15, -0.1) is 0 Å². The van der Waals surface area contributed by atoms with Crippen molar-refractivity contribution in [1.82, 2.24) is 9.13 Å². The number of aromatic nitrogens is 2. The third-order valence-electron chi connectivity index (χ3n) is 6.64. The molecule has 0 aliphatic heterocycles. The molecule has 5 nitrogen and oxygen atoms in total. The van der Waals surface area contributed by atoms with Gasteiger partial charge in [0.1, 0.15) is 5.56 Å². The number of benzene rings is 4. The number of hydrogen-bond acceptors (Lipinski definition) is 2. The summed E-state index contributed by atoms with van der Waals surface area (Å²) in [6.45, 7) is 8.00. The molecule has 3 aromatic heterocycles. The second-order valence-corrected chi connectivity index (χ2v) is 8.40. The Morgan fingerprint density at radius 1 is 0.600 bits per heavy atom. The third kappa shape index (κ3) is 2.50. The topological polar surface area (TPSA) is 51.1 Å². The van der Waals surface area contributed by atoms with E-state index in [0.717, 1.165) is 43.6 Å². The lowest BCUT2D eigenvalue weighted by Gasteiger charge is -2.06. The van der Waals surface area contributed by atoms with Crippen LogP contribution in [0.3, 0.4) is 0 Å². The minimum Gasteiger partial charge on any atom is -0.433 e. The summed E-state index contributed by atoms with van der Waals surface area (Å²) < 4.78 is 10.4. The van der Waals surface area contributed by atoms with E-state index in [1.54, 1.807) is 0 Å². The van der Waals surface area contributed by atoms with Crippen LogP contribution in [0.2, 0.25) is 0 Å². The highest BCUT2D eigenvalue weighted by Gasteiger charge is 2.27. The van der Waals surface area contributed by atoms with Crippen molar-refractivity contribution in [2.24, 2.45) is 0 Å². The van der Waals surface area contributed by atoms with Crippen LogP contribution in [0.4, 0.5) is 5.69 Å². The Morgan fingerprint density at radius 3 is 1.34 bits per heavy atom. The molecule has 0 aliphatic rings. The van der Waals surface area contributed by atoms with E-state index >= 15 is 0 Å². The van der Waals surface area contributed by atoms with E-state index in [4.69, 9.17) is 11.0 Å². The van der Waals surface area contributed by atoms with Gasteiger partial charge < -0.3 is 4.42 Å². The Bertz CT molecular complexity index is 1790. The molecule has 0 saturated heterocycles. The fourth-order valence-corrected chi connectivity index (χ4v) is 5.20. The van der Waals surface area contributed by atoms with Crippen LogP contribution in [0.15, 0.2) is 101 Å². The molecule has 162 valence electrons. The monoisotopic (exact) mass is 448 g/mol. The van der Waals surface area contributed by atoms with E-state index in [-0.39, 0.29) is 11.3 Å². The summed E-state index contributed by atoms with van der Waals surface area (Å²) in [4.78, 5) is 3.80. The normalized spacial score (nSPS) is 11.4. The van der Waals surface area contributed by atoms with Gasteiger partial charge in [-0.05, 0) is 24.3 Å². The molecule has 0 saturated carbocycles. The molecule has 5 heteroatoms. The Labute approximate surface area is 200 Å². The fraction of sp³-hybridized carbons (Fsp3) is 0. The van der Waals surface area contributed by atoms with Gasteiger partial charge in [0, 0.05) is 21.5 Å². The number of furan rings is 1. The van der Waals surface area contributed by atoms with Crippen LogP contribution in [0.5, 0.6) is 0 Å². The summed E-state index contributed by atoms with van der Waals surface area (Å²) >= 11 is 0. The molecule has 3 heterocycles. The van der Waals surface area contributed by atoms with Gasteiger partial charge >= 0.3 is 0 Å². The van der Waals surface area contributed by atoms with Crippen LogP contribution in [0, 0.1) is 17.9 Å². The van der Waals surface area contributed by atoms with Crippen LogP contribution < -0.4 is 0 Å². The summed E-state index contributed by atoms with van der Waals surface area (Å²) in [6.07, 6.45) is 0. The Kier molecular flexibility index (Phi) is 3.91. The molecule has 7 rings (SSSR count). The van der Waals surface area contributed by atoms with Gasteiger partial charge in [-0.1, -0.05) is 72.8 Å². The molecule has 7 aromatic rings. The third-order valence-corrected chi connectivity index (χ3v) is 6.64. The quantitative estimate of drug-likeness (QED) is 0.252. The molecule has 4 aromatic carbocycles. The van der Waals surface area contributed by atoms with Gasteiger partial charge in [0.25, 0.3) is 5.69 Å². The highest BCUT2D eigenvalue weighted by atomic mass is 16.4. The summed E-state index contributed by atoms with van der Waals surface area (Å²) in [5.41, 5.74) is 4.11. The van der Waals surface area contributed by atoms with Gasteiger partial charge in [0.15, 0.2) is 0 Å². The zero-order valence-corrected chi connectivity index (χ0v) is 18.4. The predicted octanol–water partition coefficient (Wildman–Crippen LogP) is 7.90. The van der Waals surface area contributed by atoms with Crippen molar-refractivity contribution >= 4 is 49.3 Å². The van der Waals surface area contributed by atoms with Crippen LogP contribution in [-0.2, 0) is 0 Å². The van der Waals surface area contributed by atoms with E-state index in [0.29, 0.717) is 11.8 Å². The number of para-hydroxylation sites is 4. The summed E-state index contributed by atoms with van der Waals surface area (Å²) in [5.74, 6) is 0.707. The lowest BCUT2D eigenvalue weighted by molar-refractivity contribution is 0.529. The minimum absolute atomic E-state index is 0.205. The zero-order valence-electron chi connectivity index (χ0n) is 18.4. The van der Waals surface area contributed by atoms with Crippen LogP contribution in [0.1, 0.15) is 5.56 Å². The number of nitriles is 1. The molecule has 0 unspecified atom stereocenters. The number of rotatable bonds is 2. The smallest absolute Gasteiger partial charge is 0.269 e. The first-order valence-corrected chi connectivity index (χ1v) is 11.2. The average molecular weight is 448 g/mol. The van der Waals surface area contributed by atoms with Gasteiger partial charge in [-0.3, -0.25) is 9.13 Å². The van der Waals surface area contributed by atoms with Gasteiger partial charge in [-0.2, -0.15) is 5.26 Å². The number of hydrogen-bond donors (Lipinski definition) is 0. The van der Waals surface area contributed by atoms with Gasteiger partial charge in [0.2, 0.25) is 11.8 Å². The maximum atomic E-state index is 10.2. The minimum atomic E-state index is 0.205. The zero-order chi connectivity index (χ0) is 23.5. The molecule has 35 heavy (non-hydrogen) atoms. The van der Waals surface area contributed by atoms with E-state index in [2.05, 4.69) is 35.2 Å². The molecule has 0 aliphatic carbocycles. The van der Waals surface area contributed by atoms with Crippen molar-refractivity contribution in [3.05, 3.63) is 114 Å². The largest absolute Gasteiger partial charge is 0.433 e. The summed E-state index contributed by atoms with van der Waals surface area (Å²) in [6, 6.07) is 34.4. The Morgan fingerprint density at radius 2 is 0.971 bits per heavy atom. The highest BCUT2D eigenvalue weighted by molar-refractivity contribution is 6.10. The lowest BCUT2D eigenvalue weighted by Crippen LogP contribution is -1.94. The van der Waals surface area contributed by atoms with Crippen molar-refractivity contribution < 1.29 is 4.42 Å². The Balaban J connectivity index is 1.65. The molecular weight excluding hydrogens is 432 g/mol. The fourth-order valence-electron chi connectivity index (χ4n) is 5.20. The van der Waals surface area contributed by atoms with Crippen LogP contribution >= 0.6 is 0 Å². The highest BCUT2D eigenvalue weighted by Crippen LogP contribution is 2.43. The second kappa shape index (κ2) is 7.12. The van der Waals surface area contributed by atoms with Crippen molar-refractivity contribution in [3.63, 3.8) is 0 Å². The molecule has 0 spiro atoms. The first-order chi connectivity index (χ1) is 17.3. The first-order valence-electron chi connectivity index (χ1n) is 11.2. The molecule has 0 fully saturated rings. The molecule has 0 bridgehead atoms. The molecule has 0 amide bonds. The van der Waals surface area contributed by atoms with Crippen molar-refractivity contribution in [3.8, 4) is 17.8 Å². The maximum absolute atomic E-state index is 10.2. The first kappa shape index (κ1) is 19.2. The number of fused-ring (bicyclic) bond motifs is 6. The van der Waals surface area contributed by atoms with Crippen molar-refractivity contribution in [2.75, 3.05) is 0 Å². The van der Waals surface area contributed by atoms with Gasteiger partial charge in [0.05, 0.1) is 34.7 Å². The second-order valence-electron chi connectivity index (χ2n) is 8.40. The molecule has 0 atom stereocenters. The Hall–Kier alpha value is -5.26. The van der Waals surface area contributed by atoms with E-state index < -0.39 is 0 Å². The summed E-state index contributed by atoms with van der Waals surface area (Å²) in [7, 11) is 0.